The average molecular weight is 168 g/mol. The standard InChI is InChI=1S/C6H4O2.C2H4O2/c7-5-1-2-6(8)4-3-5;1-4-2-3/h1-4H;2H,1H3. The van der Waals surface area contributed by atoms with Crippen LogP contribution in [0.2, 0.25) is 0 Å². The van der Waals surface area contributed by atoms with Crippen LogP contribution < -0.4 is 0 Å². The molecule has 0 amide bonds. The highest BCUT2D eigenvalue weighted by Gasteiger charge is 1.97. The molecule has 0 unspecified atom stereocenters. The van der Waals surface area contributed by atoms with E-state index in [1.807, 2.05) is 0 Å². The fourth-order valence-corrected chi connectivity index (χ4v) is 0.440. The Morgan fingerprint density at radius 2 is 1.33 bits per heavy atom. The normalized spacial score (nSPS) is 13.4. The quantitative estimate of drug-likeness (QED) is 0.409. The number of hydrogen-bond acceptors (Lipinski definition) is 4. The molecule has 4 nitrogen and oxygen atoms in total. The number of rotatable bonds is 1. The molecule has 0 saturated carbocycles. The lowest BCUT2D eigenvalue weighted by Crippen LogP contribution is -1.97. The summed E-state index contributed by atoms with van der Waals surface area (Å²) >= 11 is 0. The van der Waals surface area contributed by atoms with E-state index >= 15 is 0 Å². The first-order valence-corrected chi connectivity index (χ1v) is 3.11. The van der Waals surface area contributed by atoms with Crippen molar-refractivity contribution in [2.45, 2.75) is 0 Å². The third kappa shape index (κ3) is 5.10. The van der Waals surface area contributed by atoms with Gasteiger partial charge in [0.2, 0.25) is 0 Å². The van der Waals surface area contributed by atoms with Crippen LogP contribution in [-0.2, 0) is 19.1 Å². The Morgan fingerprint density at radius 3 is 1.50 bits per heavy atom. The van der Waals surface area contributed by atoms with Crippen molar-refractivity contribution in [2.75, 3.05) is 7.11 Å². The molecule has 0 saturated heterocycles. The largest absolute Gasteiger partial charge is 0.471 e. The molecule has 0 radical (unpaired) electrons. The van der Waals surface area contributed by atoms with Gasteiger partial charge in [0.1, 0.15) is 0 Å². The predicted molar refractivity (Wildman–Crippen MR) is 41.4 cm³/mol. The summed E-state index contributed by atoms with van der Waals surface area (Å²) in [6.07, 6.45) is 5.01. The van der Waals surface area contributed by atoms with E-state index in [9.17, 15) is 9.59 Å². The molecule has 0 N–H and O–H groups in total. The van der Waals surface area contributed by atoms with E-state index in [0.29, 0.717) is 6.47 Å². The van der Waals surface area contributed by atoms with Gasteiger partial charge < -0.3 is 4.74 Å². The number of ketones is 2. The van der Waals surface area contributed by atoms with Gasteiger partial charge in [0.05, 0.1) is 7.11 Å². The second-order valence-corrected chi connectivity index (χ2v) is 1.80. The minimum absolute atomic E-state index is 0.121. The van der Waals surface area contributed by atoms with E-state index in [0.717, 1.165) is 0 Å². The summed E-state index contributed by atoms with van der Waals surface area (Å²) in [7, 11) is 1.31. The average Bonchev–Trinajstić information content (AvgIpc) is 2.11. The summed E-state index contributed by atoms with van der Waals surface area (Å²) < 4.78 is 3.86. The van der Waals surface area contributed by atoms with Crippen LogP contribution in [0.1, 0.15) is 0 Å². The maximum absolute atomic E-state index is 10.3. The van der Waals surface area contributed by atoms with Gasteiger partial charge in [0.15, 0.2) is 11.6 Å². The van der Waals surface area contributed by atoms with Crippen molar-refractivity contribution in [2.24, 2.45) is 0 Å². The third-order valence-corrected chi connectivity index (χ3v) is 0.920. The Bertz CT molecular complexity index is 199. The molecule has 0 aliphatic heterocycles. The minimum atomic E-state index is -0.121. The Hall–Kier alpha value is -1.71. The van der Waals surface area contributed by atoms with Crippen LogP contribution in [0, 0.1) is 0 Å². The molecule has 4 heteroatoms. The number of ether oxygens (including phenoxy) is 1. The maximum Gasteiger partial charge on any atom is 0.292 e. The molecule has 12 heavy (non-hydrogen) atoms. The molecule has 0 aromatic carbocycles. The lowest BCUT2D eigenvalue weighted by atomic mass is 10.2. The van der Waals surface area contributed by atoms with Crippen LogP contribution >= 0.6 is 0 Å². The van der Waals surface area contributed by atoms with Crippen molar-refractivity contribution in [3.63, 3.8) is 0 Å². The summed E-state index contributed by atoms with van der Waals surface area (Å²) in [6.45, 7) is 0.375. The second-order valence-electron chi connectivity index (χ2n) is 1.80. The van der Waals surface area contributed by atoms with Gasteiger partial charge >= 0.3 is 0 Å². The fourth-order valence-electron chi connectivity index (χ4n) is 0.440. The van der Waals surface area contributed by atoms with E-state index in [-0.39, 0.29) is 11.6 Å². The van der Waals surface area contributed by atoms with Gasteiger partial charge in [-0.25, -0.2) is 0 Å². The summed E-state index contributed by atoms with van der Waals surface area (Å²) in [4.78, 5) is 29.5. The van der Waals surface area contributed by atoms with Crippen molar-refractivity contribution < 1.29 is 19.1 Å². The van der Waals surface area contributed by atoms with E-state index in [4.69, 9.17) is 4.79 Å². The SMILES string of the molecule is COC=O.O=C1C=CC(=O)C=C1. The van der Waals surface area contributed by atoms with E-state index in [2.05, 4.69) is 4.74 Å². The van der Waals surface area contributed by atoms with Crippen molar-refractivity contribution in [1.29, 1.82) is 0 Å². The molecule has 1 rings (SSSR count). The second kappa shape index (κ2) is 6.03. The zero-order valence-electron chi connectivity index (χ0n) is 6.52. The highest BCUT2D eigenvalue weighted by atomic mass is 16.5. The monoisotopic (exact) mass is 168 g/mol. The molecule has 64 valence electrons. The lowest BCUT2D eigenvalue weighted by molar-refractivity contribution is -0.126. The molecule has 0 fully saturated rings. The van der Waals surface area contributed by atoms with E-state index in [1.165, 1.54) is 31.4 Å². The van der Waals surface area contributed by atoms with Crippen molar-refractivity contribution in [1.82, 2.24) is 0 Å². The van der Waals surface area contributed by atoms with Crippen molar-refractivity contribution in [3.8, 4) is 0 Å². The van der Waals surface area contributed by atoms with Gasteiger partial charge in [-0.15, -0.1) is 0 Å². The Balaban J connectivity index is 0.000000261. The molecule has 0 aromatic rings. The Morgan fingerprint density at radius 1 is 1.08 bits per heavy atom. The third-order valence-electron chi connectivity index (χ3n) is 0.920. The molecular weight excluding hydrogens is 160 g/mol. The minimum Gasteiger partial charge on any atom is -0.471 e. The van der Waals surface area contributed by atoms with E-state index in [1.54, 1.807) is 0 Å². The summed E-state index contributed by atoms with van der Waals surface area (Å²) in [5.41, 5.74) is 0. The molecule has 0 atom stereocenters. The summed E-state index contributed by atoms with van der Waals surface area (Å²) in [5, 5.41) is 0. The fraction of sp³-hybridized carbons (Fsp3) is 0.125. The van der Waals surface area contributed by atoms with Gasteiger partial charge in [-0.05, 0) is 24.3 Å². The van der Waals surface area contributed by atoms with Gasteiger partial charge in [-0.2, -0.15) is 0 Å². The summed E-state index contributed by atoms with van der Waals surface area (Å²) in [5.74, 6) is -0.241. The van der Waals surface area contributed by atoms with Gasteiger partial charge in [0.25, 0.3) is 6.47 Å². The van der Waals surface area contributed by atoms with Crippen LogP contribution in [0.25, 0.3) is 0 Å². The molecule has 0 spiro atoms. The molecule has 0 heterocycles. The Kier molecular flexibility index (Phi) is 5.17. The Labute approximate surface area is 69.5 Å². The molecule has 1 aliphatic carbocycles. The number of carbonyl (C=O) groups is 3. The first-order chi connectivity index (χ1) is 5.70. The smallest absolute Gasteiger partial charge is 0.292 e. The van der Waals surface area contributed by atoms with Gasteiger partial charge in [0, 0.05) is 0 Å². The number of methoxy groups -OCH3 is 1. The van der Waals surface area contributed by atoms with Gasteiger partial charge in [-0.1, -0.05) is 0 Å². The van der Waals surface area contributed by atoms with Crippen molar-refractivity contribution in [3.05, 3.63) is 24.3 Å². The topological polar surface area (TPSA) is 60.4 Å². The maximum atomic E-state index is 10.3. The lowest BCUT2D eigenvalue weighted by Gasteiger charge is -1.87. The number of carbonyl (C=O) groups excluding carboxylic acids is 3. The van der Waals surface area contributed by atoms with Crippen molar-refractivity contribution >= 4 is 18.0 Å². The van der Waals surface area contributed by atoms with Crippen LogP contribution in [0.5, 0.6) is 0 Å². The first kappa shape index (κ1) is 10.3. The van der Waals surface area contributed by atoms with E-state index < -0.39 is 0 Å². The number of hydrogen-bond donors (Lipinski definition) is 0. The predicted octanol–water partition coefficient (Wildman–Crippen LogP) is 0.0398. The number of allylic oxidation sites excluding steroid dienone is 4. The zero-order chi connectivity index (χ0) is 9.40. The molecule has 1 aliphatic rings. The highest BCUT2D eigenvalue weighted by Crippen LogP contribution is 1.90. The van der Waals surface area contributed by atoms with Crippen LogP contribution in [0.4, 0.5) is 0 Å². The molecule has 0 aromatic heterocycles. The molecular formula is C8H8O4. The zero-order valence-corrected chi connectivity index (χ0v) is 6.52. The van der Waals surface area contributed by atoms with Crippen LogP contribution in [0.15, 0.2) is 24.3 Å². The van der Waals surface area contributed by atoms with Gasteiger partial charge in [-0.3, -0.25) is 14.4 Å². The van der Waals surface area contributed by atoms with Crippen LogP contribution in [-0.4, -0.2) is 25.1 Å². The summed E-state index contributed by atoms with van der Waals surface area (Å²) in [6, 6.07) is 0. The van der Waals surface area contributed by atoms with Crippen LogP contribution in [0.3, 0.4) is 0 Å². The highest BCUT2D eigenvalue weighted by molar-refractivity contribution is 6.14. The molecule has 0 bridgehead atoms. The first-order valence-electron chi connectivity index (χ1n) is 3.11.